The average molecular weight is 325 g/mol. The maximum atomic E-state index is 11.1. The molecule has 0 aliphatic heterocycles. The molecule has 1 heterocycles. The van der Waals surface area contributed by atoms with Crippen LogP contribution in [0.15, 0.2) is 54.7 Å². The Morgan fingerprint density at radius 3 is 2.62 bits per heavy atom. The maximum absolute atomic E-state index is 11.1. The van der Waals surface area contributed by atoms with E-state index in [9.17, 15) is 10.1 Å². The molecule has 1 unspecified atom stereocenters. The molecule has 0 saturated heterocycles. The molecule has 1 atom stereocenters. The van der Waals surface area contributed by atoms with E-state index in [-0.39, 0.29) is 18.3 Å². The third kappa shape index (κ3) is 3.15. The number of nitro benzene ring substituents is 1. The van der Waals surface area contributed by atoms with Crippen molar-refractivity contribution in [3.63, 3.8) is 0 Å². The summed E-state index contributed by atoms with van der Waals surface area (Å²) < 4.78 is 2.04. The second kappa shape index (κ2) is 6.82. The van der Waals surface area contributed by atoms with Crippen molar-refractivity contribution in [3.8, 4) is 0 Å². The van der Waals surface area contributed by atoms with Gasteiger partial charge in [0, 0.05) is 48.4 Å². The van der Waals surface area contributed by atoms with Crippen molar-refractivity contribution >= 4 is 16.6 Å². The summed E-state index contributed by atoms with van der Waals surface area (Å²) in [5, 5.41) is 21.0. The number of nitrogens with two attached hydrogens (primary N) is 1. The van der Waals surface area contributed by atoms with Crippen LogP contribution in [-0.2, 0) is 6.54 Å². The zero-order chi connectivity index (χ0) is 17.1. The minimum Gasteiger partial charge on any atom is -0.396 e. The Bertz CT molecular complexity index is 859. The summed E-state index contributed by atoms with van der Waals surface area (Å²) in [7, 11) is 0. The van der Waals surface area contributed by atoms with E-state index < -0.39 is 4.92 Å². The van der Waals surface area contributed by atoms with E-state index in [1.165, 1.54) is 6.07 Å². The summed E-state index contributed by atoms with van der Waals surface area (Å²) in [5.41, 5.74) is 9.05. The normalized spacial score (nSPS) is 12.4. The van der Waals surface area contributed by atoms with Gasteiger partial charge in [-0.1, -0.05) is 30.3 Å². The van der Waals surface area contributed by atoms with E-state index in [1.54, 1.807) is 12.1 Å². The standard InChI is InChI=1S/C18H19N3O3/c19-17(8-9-22)16-12-20(11-13-4-2-1-3-5-13)18-7-6-14(21(23)24)10-15(16)18/h1-7,10,12,17,22H,8-9,11,19H2. The van der Waals surface area contributed by atoms with Crippen LogP contribution in [0.4, 0.5) is 5.69 Å². The number of aliphatic hydroxyl groups is 1. The zero-order valence-electron chi connectivity index (χ0n) is 13.1. The molecule has 3 N–H and O–H groups in total. The summed E-state index contributed by atoms with van der Waals surface area (Å²) in [6, 6.07) is 14.4. The molecule has 2 aromatic carbocycles. The lowest BCUT2D eigenvalue weighted by molar-refractivity contribution is -0.384. The molecular weight excluding hydrogens is 306 g/mol. The lowest BCUT2D eigenvalue weighted by atomic mass is 10.0. The summed E-state index contributed by atoms with van der Waals surface area (Å²) in [6.07, 6.45) is 2.34. The van der Waals surface area contributed by atoms with Crippen molar-refractivity contribution in [2.75, 3.05) is 6.61 Å². The SMILES string of the molecule is NC(CCO)c1cn(Cc2ccccc2)c2ccc([N+](=O)[O-])cc12. The van der Waals surface area contributed by atoms with Gasteiger partial charge in [0.1, 0.15) is 0 Å². The molecule has 3 rings (SSSR count). The smallest absolute Gasteiger partial charge is 0.270 e. The van der Waals surface area contributed by atoms with E-state index in [1.807, 2.05) is 41.1 Å². The highest BCUT2D eigenvalue weighted by atomic mass is 16.6. The molecule has 3 aromatic rings. The fourth-order valence-electron chi connectivity index (χ4n) is 2.93. The van der Waals surface area contributed by atoms with Crippen LogP contribution in [0.25, 0.3) is 10.9 Å². The molecule has 124 valence electrons. The number of nitro groups is 1. The quantitative estimate of drug-likeness (QED) is 0.538. The van der Waals surface area contributed by atoms with E-state index >= 15 is 0 Å². The minimum atomic E-state index is -0.407. The molecule has 24 heavy (non-hydrogen) atoms. The molecule has 0 amide bonds. The first kappa shape index (κ1) is 16.2. The first-order valence-corrected chi connectivity index (χ1v) is 7.77. The predicted octanol–water partition coefficient (Wildman–Crippen LogP) is 2.98. The van der Waals surface area contributed by atoms with Crippen molar-refractivity contribution in [3.05, 3.63) is 76.0 Å². The fourth-order valence-corrected chi connectivity index (χ4v) is 2.93. The van der Waals surface area contributed by atoms with Crippen LogP contribution in [0.5, 0.6) is 0 Å². The van der Waals surface area contributed by atoms with E-state index in [2.05, 4.69) is 0 Å². The number of aromatic nitrogens is 1. The minimum absolute atomic E-state index is 0.0263. The number of non-ortho nitro benzene ring substituents is 1. The molecule has 1 aromatic heterocycles. The van der Waals surface area contributed by atoms with Gasteiger partial charge in [-0.3, -0.25) is 10.1 Å². The Morgan fingerprint density at radius 2 is 1.96 bits per heavy atom. The van der Waals surface area contributed by atoms with Gasteiger partial charge in [-0.15, -0.1) is 0 Å². The van der Waals surface area contributed by atoms with Crippen LogP contribution in [0.1, 0.15) is 23.6 Å². The number of nitrogens with zero attached hydrogens (tertiary/aromatic N) is 2. The van der Waals surface area contributed by atoms with Gasteiger partial charge in [-0.2, -0.15) is 0 Å². The first-order chi connectivity index (χ1) is 11.6. The van der Waals surface area contributed by atoms with Crippen molar-refractivity contribution in [2.45, 2.75) is 19.0 Å². The highest BCUT2D eigenvalue weighted by molar-refractivity contribution is 5.86. The van der Waals surface area contributed by atoms with Gasteiger partial charge < -0.3 is 15.4 Å². The molecule has 6 nitrogen and oxygen atoms in total. The summed E-state index contributed by atoms with van der Waals surface area (Å²) in [6.45, 7) is 0.627. The van der Waals surface area contributed by atoms with Crippen LogP contribution in [0, 0.1) is 10.1 Å². The Balaban J connectivity index is 2.10. The third-order valence-corrected chi connectivity index (χ3v) is 4.14. The number of rotatable bonds is 6. The Labute approximate surface area is 139 Å². The summed E-state index contributed by atoms with van der Waals surface area (Å²) >= 11 is 0. The number of aliphatic hydroxyl groups excluding tert-OH is 1. The second-order valence-electron chi connectivity index (χ2n) is 5.78. The second-order valence-corrected chi connectivity index (χ2v) is 5.78. The molecule has 0 spiro atoms. The van der Waals surface area contributed by atoms with Crippen LogP contribution in [-0.4, -0.2) is 21.2 Å². The fraction of sp³-hybridized carbons (Fsp3) is 0.222. The molecule has 0 bridgehead atoms. The average Bonchev–Trinajstić information content (AvgIpc) is 2.94. The molecule has 0 saturated carbocycles. The van der Waals surface area contributed by atoms with Crippen LogP contribution in [0.2, 0.25) is 0 Å². The zero-order valence-corrected chi connectivity index (χ0v) is 13.1. The van der Waals surface area contributed by atoms with Gasteiger partial charge in [0.25, 0.3) is 5.69 Å². The largest absolute Gasteiger partial charge is 0.396 e. The molecule has 0 aliphatic carbocycles. The molecule has 0 radical (unpaired) electrons. The Hall–Kier alpha value is -2.70. The van der Waals surface area contributed by atoms with Crippen molar-refractivity contribution in [1.29, 1.82) is 0 Å². The van der Waals surface area contributed by atoms with Crippen LogP contribution in [0.3, 0.4) is 0 Å². The van der Waals surface area contributed by atoms with Crippen molar-refractivity contribution in [1.82, 2.24) is 4.57 Å². The van der Waals surface area contributed by atoms with Gasteiger partial charge in [0.15, 0.2) is 0 Å². The monoisotopic (exact) mass is 325 g/mol. The van der Waals surface area contributed by atoms with Crippen molar-refractivity contribution in [2.24, 2.45) is 5.73 Å². The van der Waals surface area contributed by atoms with Gasteiger partial charge >= 0.3 is 0 Å². The van der Waals surface area contributed by atoms with Crippen molar-refractivity contribution < 1.29 is 10.0 Å². The van der Waals surface area contributed by atoms with E-state index in [0.717, 1.165) is 22.0 Å². The summed E-state index contributed by atoms with van der Waals surface area (Å²) in [5.74, 6) is 0. The topological polar surface area (TPSA) is 94.3 Å². The predicted molar refractivity (Wildman–Crippen MR) is 92.8 cm³/mol. The van der Waals surface area contributed by atoms with Gasteiger partial charge in [0.05, 0.1) is 4.92 Å². The van der Waals surface area contributed by atoms with Gasteiger partial charge in [-0.05, 0) is 23.6 Å². The molecule has 0 aliphatic rings. The van der Waals surface area contributed by atoms with E-state index in [0.29, 0.717) is 13.0 Å². The van der Waals surface area contributed by atoms with Gasteiger partial charge in [0.2, 0.25) is 0 Å². The number of fused-ring (bicyclic) bond motifs is 1. The lowest BCUT2D eigenvalue weighted by Gasteiger charge is -2.08. The highest BCUT2D eigenvalue weighted by Gasteiger charge is 2.17. The Kier molecular flexibility index (Phi) is 4.59. The maximum Gasteiger partial charge on any atom is 0.270 e. The molecule has 6 heteroatoms. The first-order valence-electron chi connectivity index (χ1n) is 7.77. The van der Waals surface area contributed by atoms with Crippen LogP contribution >= 0.6 is 0 Å². The summed E-state index contributed by atoms with van der Waals surface area (Å²) in [4.78, 5) is 10.7. The van der Waals surface area contributed by atoms with Crippen LogP contribution < -0.4 is 5.73 Å². The van der Waals surface area contributed by atoms with E-state index in [4.69, 9.17) is 10.8 Å². The number of hydrogen-bond donors (Lipinski definition) is 2. The lowest BCUT2D eigenvalue weighted by Crippen LogP contribution is -2.11. The highest BCUT2D eigenvalue weighted by Crippen LogP contribution is 2.30. The molecule has 0 fully saturated rings. The molecular formula is C18H19N3O3. The third-order valence-electron chi connectivity index (χ3n) is 4.14. The Morgan fingerprint density at radius 1 is 1.21 bits per heavy atom. The number of benzene rings is 2. The van der Waals surface area contributed by atoms with Gasteiger partial charge in [-0.25, -0.2) is 0 Å². The number of hydrogen-bond acceptors (Lipinski definition) is 4.